The van der Waals surface area contributed by atoms with Gasteiger partial charge in [-0.1, -0.05) is 19.1 Å². The summed E-state index contributed by atoms with van der Waals surface area (Å²) < 4.78 is 0. The molecule has 0 saturated heterocycles. The Labute approximate surface area is 90.2 Å². The fourth-order valence-electron chi connectivity index (χ4n) is 1.14. The Balaban J connectivity index is 2.22. The van der Waals surface area contributed by atoms with Gasteiger partial charge in [-0.2, -0.15) is 0 Å². The molecule has 1 heterocycles. The van der Waals surface area contributed by atoms with Gasteiger partial charge >= 0.3 is 0 Å². The molecule has 3 nitrogen and oxygen atoms in total. The number of allylic oxidation sites excluding steroid dienone is 1. The maximum Gasteiger partial charge on any atom is 0.243 e. The molecule has 1 aromatic heterocycles. The van der Waals surface area contributed by atoms with Gasteiger partial charge in [-0.3, -0.25) is 9.78 Å². The first kappa shape index (κ1) is 11.4. The number of pyridine rings is 1. The average molecular weight is 204 g/mol. The van der Waals surface area contributed by atoms with E-state index in [1.54, 1.807) is 12.3 Å². The topological polar surface area (TPSA) is 42.0 Å². The zero-order valence-corrected chi connectivity index (χ0v) is 8.94. The van der Waals surface area contributed by atoms with Crippen molar-refractivity contribution in [2.45, 2.75) is 19.8 Å². The lowest BCUT2D eigenvalue weighted by molar-refractivity contribution is -0.116. The minimum absolute atomic E-state index is 0.0345. The minimum atomic E-state index is -0.0345. The highest BCUT2D eigenvalue weighted by atomic mass is 16.1. The van der Waals surface area contributed by atoms with E-state index < -0.39 is 0 Å². The Morgan fingerprint density at radius 3 is 3.07 bits per heavy atom. The molecule has 0 bridgehead atoms. The first-order chi connectivity index (χ1) is 7.33. The number of nitrogens with zero attached hydrogens (tertiary/aromatic N) is 1. The van der Waals surface area contributed by atoms with Crippen molar-refractivity contribution in [3.05, 3.63) is 42.2 Å². The third-order valence-electron chi connectivity index (χ3n) is 1.91. The second-order valence-corrected chi connectivity index (χ2v) is 3.17. The monoisotopic (exact) mass is 204 g/mol. The quantitative estimate of drug-likeness (QED) is 0.742. The van der Waals surface area contributed by atoms with Crippen LogP contribution >= 0.6 is 0 Å². The number of hydrogen-bond donors (Lipinski definition) is 1. The standard InChI is InChI=1S/C12H16N2O/c1-2-3-7-12(15)14-10-8-11-6-4-5-9-13-11/h3-7,9H,2,8,10H2,1H3,(H,14,15). The highest BCUT2D eigenvalue weighted by molar-refractivity contribution is 5.87. The summed E-state index contributed by atoms with van der Waals surface area (Å²) >= 11 is 0. The van der Waals surface area contributed by atoms with Gasteiger partial charge in [-0.05, 0) is 24.6 Å². The number of nitrogens with one attached hydrogen (secondary N) is 1. The summed E-state index contributed by atoms with van der Waals surface area (Å²) in [6.45, 7) is 2.63. The van der Waals surface area contributed by atoms with Gasteiger partial charge in [-0.15, -0.1) is 0 Å². The first-order valence-electron chi connectivity index (χ1n) is 5.17. The minimum Gasteiger partial charge on any atom is -0.352 e. The van der Waals surface area contributed by atoms with Crippen LogP contribution in [-0.4, -0.2) is 17.4 Å². The van der Waals surface area contributed by atoms with Crippen molar-refractivity contribution in [2.24, 2.45) is 0 Å². The summed E-state index contributed by atoms with van der Waals surface area (Å²) in [6, 6.07) is 5.78. The molecule has 0 aliphatic carbocycles. The number of amides is 1. The lowest BCUT2D eigenvalue weighted by Gasteiger charge is -2.01. The van der Waals surface area contributed by atoms with E-state index in [0.717, 1.165) is 18.5 Å². The van der Waals surface area contributed by atoms with E-state index in [9.17, 15) is 4.79 Å². The van der Waals surface area contributed by atoms with Gasteiger partial charge in [0.1, 0.15) is 0 Å². The highest BCUT2D eigenvalue weighted by Gasteiger charge is 1.95. The second-order valence-electron chi connectivity index (χ2n) is 3.17. The predicted molar refractivity (Wildman–Crippen MR) is 60.4 cm³/mol. The van der Waals surface area contributed by atoms with Crippen molar-refractivity contribution in [1.82, 2.24) is 10.3 Å². The molecule has 0 saturated carbocycles. The molecule has 0 fully saturated rings. The summed E-state index contributed by atoms with van der Waals surface area (Å²) in [4.78, 5) is 15.3. The number of hydrogen-bond acceptors (Lipinski definition) is 2. The van der Waals surface area contributed by atoms with Crippen molar-refractivity contribution in [3.63, 3.8) is 0 Å². The third kappa shape index (κ3) is 4.96. The van der Waals surface area contributed by atoms with Crippen molar-refractivity contribution < 1.29 is 4.79 Å². The van der Waals surface area contributed by atoms with E-state index in [2.05, 4.69) is 10.3 Å². The summed E-state index contributed by atoms with van der Waals surface area (Å²) in [5.74, 6) is -0.0345. The number of aromatic nitrogens is 1. The molecule has 0 aromatic carbocycles. The molecular formula is C12H16N2O. The Morgan fingerprint density at radius 2 is 2.40 bits per heavy atom. The van der Waals surface area contributed by atoms with Gasteiger partial charge in [0.05, 0.1) is 0 Å². The lowest BCUT2D eigenvalue weighted by Crippen LogP contribution is -2.23. The summed E-state index contributed by atoms with van der Waals surface area (Å²) in [5.41, 5.74) is 0.997. The van der Waals surface area contributed by atoms with Crippen LogP contribution in [0.1, 0.15) is 19.0 Å². The van der Waals surface area contributed by atoms with Gasteiger partial charge in [0, 0.05) is 24.9 Å². The van der Waals surface area contributed by atoms with Gasteiger partial charge in [0.2, 0.25) is 5.91 Å². The van der Waals surface area contributed by atoms with E-state index >= 15 is 0 Å². The maximum atomic E-state index is 11.2. The SMILES string of the molecule is CCC=CC(=O)NCCc1ccccn1. The molecule has 0 aliphatic rings. The molecule has 1 amide bonds. The van der Waals surface area contributed by atoms with Crippen LogP contribution in [0, 0.1) is 0 Å². The van der Waals surface area contributed by atoms with E-state index in [1.165, 1.54) is 0 Å². The van der Waals surface area contributed by atoms with E-state index in [4.69, 9.17) is 0 Å². The molecule has 1 aromatic rings. The van der Waals surface area contributed by atoms with Crippen molar-refractivity contribution in [1.29, 1.82) is 0 Å². The van der Waals surface area contributed by atoms with Crippen LogP contribution < -0.4 is 5.32 Å². The maximum absolute atomic E-state index is 11.2. The average Bonchev–Trinajstić information content (AvgIpc) is 2.28. The molecule has 15 heavy (non-hydrogen) atoms. The normalized spacial score (nSPS) is 10.5. The Hall–Kier alpha value is -1.64. The molecule has 0 unspecified atom stereocenters. The molecule has 3 heteroatoms. The van der Waals surface area contributed by atoms with Crippen LogP contribution in [0.3, 0.4) is 0 Å². The molecule has 0 atom stereocenters. The molecule has 0 radical (unpaired) electrons. The zero-order chi connectivity index (χ0) is 10.9. The first-order valence-corrected chi connectivity index (χ1v) is 5.17. The number of rotatable bonds is 5. The summed E-state index contributed by atoms with van der Waals surface area (Å²) in [5, 5.41) is 2.80. The van der Waals surface area contributed by atoms with E-state index in [-0.39, 0.29) is 5.91 Å². The predicted octanol–water partition coefficient (Wildman–Crippen LogP) is 1.71. The van der Waals surface area contributed by atoms with E-state index in [1.807, 2.05) is 31.2 Å². The van der Waals surface area contributed by atoms with E-state index in [0.29, 0.717) is 6.54 Å². The lowest BCUT2D eigenvalue weighted by atomic mass is 10.3. The fourth-order valence-corrected chi connectivity index (χ4v) is 1.14. The van der Waals surface area contributed by atoms with Crippen LogP contribution in [-0.2, 0) is 11.2 Å². The Kier molecular flexibility index (Phi) is 5.15. The van der Waals surface area contributed by atoms with Crippen LogP contribution in [0.25, 0.3) is 0 Å². The largest absolute Gasteiger partial charge is 0.352 e. The highest BCUT2D eigenvalue weighted by Crippen LogP contribution is 1.93. The van der Waals surface area contributed by atoms with Crippen LogP contribution in [0.4, 0.5) is 0 Å². The van der Waals surface area contributed by atoms with Crippen LogP contribution in [0.15, 0.2) is 36.5 Å². The van der Waals surface area contributed by atoms with Gasteiger partial charge < -0.3 is 5.32 Å². The summed E-state index contributed by atoms with van der Waals surface area (Å²) in [7, 11) is 0. The number of carbonyl (C=O) groups is 1. The Bertz CT molecular complexity index is 320. The smallest absolute Gasteiger partial charge is 0.243 e. The fraction of sp³-hybridized carbons (Fsp3) is 0.333. The van der Waals surface area contributed by atoms with Crippen molar-refractivity contribution >= 4 is 5.91 Å². The second kappa shape index (κ2) is 6.76. The zero-order valence-electron chi connectivity index (χ0n) is 8.94. The molecule has 80 valence electrons. The van der Waals surface area contributed by atoms with Crippen LogP contribution in [0.2, 0.25) is 0 Å². The number of carbonyl (C=O) groups excluding carboxylic acids is 1. The summed E-state index contributed by atoms with van der Waals surface area (Å²) in [6.07, 6.45) is 6.82. The molecule has 1 rings (SSSR count). The van der Waals surface area contributed by atoms with Crippen molar-refractivity contribution in [2.75, 3.05) is 6.54 Å². The van der Waals surface area contributed by atoms with Crippen molar-refractivity contribution in [3.8, 4) is 0 Å². The molecule has 0 spiro atoms. The van der Waals surface area contributed by atoms with Gasteiger partial charge in [-0.25, -0.2) is 0 Å². The molecular weight excluding hydrogens is 188 g/mol. The Morgan fingerprint density at radius 1 is 1.53 bits per heavy atom. The molecule has 0 aliphatic heterocycles. The third-order valence-corrected chi connectivity index (χ3v) is 1.91. The molecule has 1 N–H and O–H groups in total. The van der Waals surface area contributed by atoms with Crippen LogP contribution in [0.5, 0.6) is 0 Å². The van der Waals surface area contributed by atoms with Gasteiger partial charge in [0.15, 0.2) is 0 Å². The van der Waals surface area contributed by atoms with Gasteiger partial charge in [0.25, 0.3) is 0 Å².